The third-order valence-corrected chi connectivity index (χ3v) is 6.50. The molecule has 2 unspecified atom stereocenters. The van der Waals surface area contributed by atoms with E-state index in [1.54, 1.807) is 14.2 Å². The normalized spacial score (nSPS) is 26.0. The predicted molar refractivity (Wildman–Crippen MR) is 105 cm³/mol. The van der Waals surface area contributed by atoms with E-state index in [1.165, 1.54) is 12.8 Å². The number of hydrogen-bond acceptors (Lipinski definition) is 4. The summed E-state index contributed by atoms with van der Waals surface area (Å²) in [6.07, 6.45) is 5.19. The van der Waals surface area contributed by atoms with E-state index < -0.39 is 5.79 Å². The average molecular weight is 425 g/mol. The first-order valence-electron chi connectivity index (χ1n) is 9.39. The molecule has 6 heteroatoms. The summed E-state index contributed by atoms with van der Waals surface area (Å²) >= 11 is 3.43. The lowest BCUT2D eigenvalue weighted by molar-refractivity contribution is -0.265. The van der Waals surface area contributed by atoms with Gasteiger partial charge in [0.15, 0.2) is 5.79 Å². The summed E-state index contributed by atoms with van der Waals surface area (Å²) in [5, 5.41) is 0. The highest BCUT2D eigenvalue weighted by Crippen LogP contribution is 2.39. The second-order valence-electron chi connectivity index (χ2n) is 7.29. The number of halogens is 1. The van der Waals surface area contributed by atoms with Crippen LogP contribution in [0.3, 0.4) is 0 Å². The molecule has 1 saturated carbocycles. The molecule has 1 aromatic rings. The third-order valence-electron chi connectivity index (χ3n) is 5.97. The van der Waals surface area contributed by atoms with Crippen LogP contribution in [0, 0.1) is 0 Å². The number of amides is 1. The quantitative estimate of drug-likeness (QED) is 0.677. The Kier molecular flexibility index (Phi) is 6.38. The van der Waals surface area contributed by atoms with Crippen LogP contribution in [-0.4, -0.2) is 67.9 Å². The van der Waals surface area contributed by atoms with Crippen LogP contribution in [0.15, 0.2) is 28.7 Å². The minimum Gasteiger partial charge on any atom is -0.352 e. The van der Waals surface area contributed by atoms with Crippen molar-refractivity contribution in [3.8, 4) is 0 Å². The van der Waals surface area contributed by atoms with Gasteiger partial charge in [-0.05, 0) is 63.0 Å². The molecule has 1 amide bonds. The number of ether oxygens (including phenoxy) is 2. The van der Waals surface area contributed by atoms with Gasteiger partial charge in [-0.2, -0.15) is 0 Å². The summed E-state index contributed by atoms with van der Waals surface area (Å²) in [6.45, 7) is 2.08. The van der Waals surface area contributed by atoms with Crippen molar-refractivity contribution >= 4 is 21.8 Å². The Morgan fingerprint density at radius 3 is 2.35 bits per heavy atom. The zero-order valence-corrected chi connectivity index (χ0v) is 17.5. The standard InChI is InChI=1S/C20H29BrN2O3/c1-22(19(24)15-8-10-16(21)11-9-15)17-7-6-12-20(25-2,26-3)18(17)23-13-4-5-14-23/h8-11,17-18H,4-7,12-14H2,1-3H3. The fraction of sp³-hybridized carbons (Fsp3) is 0.650. The molecule has 0 bridgehead atoms. The van der Waals surface area contributed by atoms with E-state index in [9.17, 15) is 4.79 Å². The van der Waals surface area contributed by atoms with Gasteiger partial charge in [0.05, 0.1) is 12.1 Å². The van der Waals surface area contributed by atoms with Gasteiger partial charge in [-0.15, -0.1) is 0 Å². The first-order valence-corrected chi connectivity index (χ1v) is 10.2. The van der Waals surface area contributed by atoms with E-state index >= 15 is 0 Å². The van der Waals surface area contributed by atoms with Gasteiger partial charge < -0.3 is 14.4 Å². The summed E-state index contributed by atoms with van der Waals surface area (Å²) < 4.78 is 12.8. The Balaban J connectivity index is 1.89. The number of benzene rings is 1. The summed E-state index contributed by atoms with van der Waals surface area (Å²) in [4.78, 5) is 17.5. The minimum absolute atomic E-state index is 0.0507. The van der Waals surface area contributed by atoms with E-state index in [1.807, 2.05) is 36.2 Å². The van der Waals surface area contributed by atoms with E-state index in [-0.39, 0.29) is 18.0 Å². The lowest BCUT2D eigenvalue weighted by atomic mass is 9.82. The number of hydrogen-bond donors (Lipinski definition) is 0. The largest absolute Gasteiger partial charge is 0.352 e. The smallest absolute Gasteiger partial charge is 0.253 e. The fourth-order valence-electron chi connectivity index (χ4n) is 4.58. The van der Waals surface area contributed by atoms with Crippen molar-refractivity contribution in [3.63, 3.8) is 0 Å². The Morgan fingerprint density at radius 2 is 1.77 bits per heavy atom. The molecular weight excluding hydrogens is 396 g/mol. The molecule has 1 saturated heterocycles. The predicted octanol–water partition coefficient (Wildman–Crippen LogP) is 3.53. The molecule has 1 aromatic carbocycles. The van der Waals surface area contributed by atoms with Crippen molar-refractivity contribution < 1.29 is 14.3 Å². The summed E-state index contributed by atoms with van der Waals surface area (Å²) in [6, 6.07) is 7.69. The zero-order chi connectivity index (χ0) is 18.7. The molecule has 0 radical (unpaired) electrons. The van der Waals surface area contributed by atoms with Gasteiger partial charge in [0, 0.05) is 37.7 Å². The Hall–Kier alpha value is -0.950. The first-order chi connectivity index (χ1) is 12.5. The SMILES string of the molecule is COC1(OC)CCCC(N(C)C(=O)c2ccc(Br)cc2)C1N1CCCC1. The monoisotopic (exact) mass is 424 g/mol. The summed E-state index contributed by atoms with van der Waals surface area (Å²) in [7, 11) is 5.37. The van der Waals surface area contributed by atoms with E-state index in [0.29, 0.717) is 5.56 Å². The Morgan fingerprint density at radius 1 is 1.15 bits per heavy atom. The molecule has 2 atom stereocenters. The molecule has 0 N–H and O–H groups in total. The maximum atomic E-state index is 13.1. The minimum atomic E-state index is -0.651. The zero-order valence-electron chi connectivity index (χ0n) is 15.9. The van der Waals surface area contributed by atoms with Crippen LogP contribution in [0.25, 0.3) is 0 Å². The molecule has 3 rings (SSSR count). The van der Waals surface area contributed by atoms with Crippen LogP contribution in [0.4, 0.5) is 0 Å². The third kappa shape index (κ3) is 3.70. The molecule has 2 fully saturated rings. The van der Waals surface area contributed by atoms with E-state index in [2.05, 4.69) is 20.8 Å². The Labute approximate surface area is 164 Å². The van der Waals surface area contributed by atoms with Crippen molar-refractivity contribution in [3.05, 3.63) is 34.3 Å². The van der Waals surface area contributed by atoms with Crippen LogP contribution in [0.2, 0.25) is 0 Å². The molecule has 5 nitrogen and oxygen atoms in total. The van der Waals surface area contributed by atoms with Crippen LogP contribution < -0.4 is 0 Å². The van der Waals surface area contributed by atoms with Crippen molar-refractivity contribution in [1.29, 1.82) is 0 Å². The lowest BCUT2D eigenvalue weighted by Crippen LogP contribution is -2.66. The molecular formula is C20H29BrN2O3. The molecule has 0 spiro atoms. The van der Waals surface area contributed by atoms with Crippen LogP contribution in [-0.2, 0) is 9.47 Å². The van der Waals surface area contributed by atoms with Crippen molar-refractivity contribution in [1.82, 2.24) is 9.80 Å². The van der Waals surface area contributed by atoms with Gasteiger partial charge in [-0.3, -0.25) is 9.69 Å². The first kappa shape index (κ1) is 19.8. The molecule has 26 heavy (non-hydrogen) atoms. The maximum absolute atomic E-state index is 13.1. The molecule has 1 aliphatic carbocycles. The number of rotatable bonds is 5. The summed E-state index contributed by atoms with van der Waals surface area (Å²) in [5.41, 5.74) is 0.710. The maximum Gasteiger partial charge on any atom is 0.253 e. The van der Waals surface area contributed by atoms with Gasteiger partial charge >= 0.3 is 0 Å². The number of likely N-dealkylation sites (tertiary alicyclic amines) is 1. The number of nitrogens with zero attached hydrogens (tertiary/aromatic N) is 2. The summed E-state index contributed by atoms with van der Waals surface area (Å²) in [5.74, 6) is -0.601. The topological polar surface area (TPSA) is 42.0 Å². The molecule has 1 aliphatic heterocycles. The average Bonchev–Trinajstić information content (AvgIpc) is 3.21. The number of likely N-dealkylation sites (N-methyl/N-ethyl adjacent to an activating group) is 1. The highest BCUT2D eigenvalue weighted by atomic mass is 79.9. The van der Waals surface area contributed by atoms with Crippen molar-refractivity contribution in [2.75, 3.05) is 34.4 Å². The highest BCUT2D eigenvalue weighted by molar-refractivity contribution is 9.10. The van der Waals surface area contributed by atoms with Gasteiger partial charge in [-0.25, -0.2) is 0 Å². The van der Waals surface area contributed by atoms with Gasteiger partial charge in [-0.1, -0.05) is 15.9 Å². The second kappa shape index (κ2) is 8.38. The van der Waals surface area contributed by atoms with Crippen molar-refractivity contribution in [2.24, 2.45) is 0 Å². The van der Waals surface area contributed by atoms with Crippen molar-refractivity contribution in [2.45, 2.75) is 50.0 Å². The molecule has 0 aromatic heterocycles. The molecule has 1 heterocycles. The fourth-order valence-corrected chi connectivity index (χ4v) is 4.84. The highest BCUT2D eigenvalue weighted by Gasteiger charge is 2.51. The lowest BCUT2D eigenvalue weighted by Gasteiger charge is -2.51. The van der Waals surface area contributed by atoms with Gasteiger partial charge in [0.25, 0.3) is 5.91 Å². The van der Waals surface area contributed by atoms with Crippen LogP contribution in [0.1, 0.15) is 42.5 Å². The van der Waals surface area contributed by atoms with Crippen LogP contribution in [0.5, 0.6) is 0 Å². The van der Waals surface area contributed by atoms with Gasteiger partial charge in [0.2, 0.25) is 0 Å². The second-order valence-corrected chi connectivity index (χ2v) is 8.21. The van der Waals surface area contributed by atoms with E-state index in [0.717, 1.165) is 36.8 Å². The number of carbonyl (C=O) groups is 1. The van der Waals surface area contributed by atoms with E-state index in [4.69, 9.17) is 9.47 Å². The number of carbonyl (C=O) groups excluding carboxylic acids is 1. The number of methoxy groups -OCH3 is 2. The van der Waals surface area contributed by atoms with Crippen LogP contribution >= 0.6 is 15.9 Å². The van der Waals surface area contributed by atoms with Gasteiger partial charge in [0.1, 0.15) is 0 Å². The Bertz CT molecular complexity index is 612. The molecule has 144 valence electrons. The molecule has 2 aliphatic rings.